The number of sulfonamides is 1. The minimum absolute atomic E-state index is 0.0481. The summed E-state index contributed by atoms with van der Waals surface area (Å²) in [5.74, 6) is -0.0481. The van der Waals surface area contributed by atoms with Crippen molar-refractivity contribution in [3.05, 3.63) is 12.3 Å². The molecular formula is C14H23N3O4S. The van der Waals surface area contributed by atoms with Crippen LogP contribution in [-0.2, 0) is 21.3 Å². The van der Waals surface area contributed by atoms with E-state index in [9.17, 15) is 13.5 Å². The maximum Gasteiger partial charge on any atom is 0.260 e. The second-order valence-electron chi connectivity index (χ2n) is 5.91. The summed E-state index contributed by atoms with van der Waals surface area (Å²) < 4.78 is 34.6. The quantitative estimate of drug-likeness (QED) is 0.867. The van der Waals surface area contributed by atoms with Gasteiger partial charge in [-0.2, -0.15) is 9.40 Å². The first-order valence-corrected chi connectivity index (χ1v) is 9.29. The molecule has 0 bridgehead atoms. The number of aromatic nitrogens is 2. The Bertz CT molecular complexity index is 615. The summed E-state index contributed by atoms with van der Waals surface area (Å²) in [6.07, 6.45) is 3.58. The number of morpholine rings is 1. The monoisotopic (exact) mass is 329 g/mol. The first-order valence-electron chi connectivity index (χ1n) is 7.85. The first-order chi connectivity index (χ1) is 10.6. The van der Waals surface area contributed by atoms with Crippen LogP contribution >= 0.6 is 0 Å². The largest absolute Gasteiger partial charge is 0.393 e. The SMILES string of the molecule is CCn1nccc1S(=O)(=O)N1CCOC[C@@H]1[C@@H]1CCC[C@H]1O. The minimum atomic E-state index is -3.63. The minimum Gasteiger partial charge on any atom is -0.393 e. The van der Waals surface area contributed by atoms with Gasteiger partial charge in [0.15, 0.2) is 5.03 Å². The molecule has 1 N–H and O–H groups in total. The summed E-state index contributed by atoms with van der Waals surface area (Å²) >= 11 is 0. The lowest BCUT2D eigenvalue weighted by Gasteiger charge is -2.38. The Hall–Kier alpha value is -0.960. The van der Waals surface area contributed by atoms with Gasteiger partial charge >= 0.3 is 0 Å². The average Bonchev–Trinajstić information content (AvgIpc) is 3.15. The Balaban J connectivity index is 1.93. The van der Waals surface area contributed by atoms with E-state index in [0.29, 0.717) is 26.3 Å². The fraction of sp³-hybridized carbons (Fsp3) is 0.786. The van der Waals surface area contributed by atoms with E-state index in [1.54, 1.807) is 0 Å². The van der Waals surface area contributed by atoms with Gasteiger partial charge in [-0.05, 0) is 25.8 Å². The van der Waals surface area contributed by atoms with E-state index in [1.165, 1.54) is 21.3 Å². The Morgan fingerprint density at radius 1 is 1.45 bits per heavy atom. The summed E-state index contributed by atoms with van der Waals surface area (Å²) in [7, 11) is -3.63. The number of aryl methyl sites for hydroxylation is 1. The highest BCUT2D eigenvalue weighted by molar-refractivity contribution is 7.89. The zero-order chi connectivity index (χ0) is 15.7. The Morgan fingerprint density at radius 2 is 2.27 bits per heavy atom. The fourth-order valence-corrected chi connectivity index (χ4v) is 5.36. The highest BCUT2D eigenvalue weighted by Crippen LogP contribution is 2.34. The lowest BCUT2D eigenvalue weighted by molar-refractivity contribution is -0.0149. The maximum absolute atomic E-state index is 13.0. The van der Waals surface area contributed by atoms with Gasteiger partial charge in [0.2, 0.25) is 0 Å². The highest BCUT2D eigenvalue weighted by atomic mass is 32.2. The molecule has 0 radical (unpaired) electrons. The molecule has 1 saturated carbocycles. The smallest absolute Gasteiger partial charge is 0.260 e. The second kappa shape index (κ2) is 6.27. The summed E-state index contributed by atoms with van der Waals surface area (Å²) in [6, 6.07) is 1.24. The van der Waals surface area contributed by atoms with Crippen LogP contribution in [0.5, 0.6) is 0 Å². The molecule has 7 nitrogen and oxygen atoms in total. The van der Waals surface area contributed by atoms with Crippen molar-refractivity contribution in [2.45, 2.75) is 49.9 Å². The molecule has 3 atom stereocenters. The van der Waals surface area contributed by atoms with Gasteiger partial charge in [0.1, 0.15) is 0 Å². The van der Waals surface area contributed by atoms with Gasteiger partial charge in [-0.1, -0.05) is 6.42 Å². The van der Waals surface area contributed by atoms with Gasteiger partial charge in [-0.3, -0.25) is 4.68 Å². The summed E-state index contributed by atoms with van der Waals surface area (Å²) in [6.45, 7) is 3.43. The van der Waals surface area contributed by atoms with Crippen LogP contribution in [0.3, 0.4) is 0 Å². The molecular weight excluding hydrogens is 306 g/mol. The van der Waals surface area contributed by atoms with E-state index in [2.05, 4.69) is 5.10 Å². The number of aliphatic hydroxyl groups excluding tert-OH is 1. The van der Waals surface area contributed by atoms with E-state index in [4.69, 9.17) is 4.74 Å². The number of aliphatic hydroxyl groups is 1. The third-order valence-corrected chi connectivity index (χ3v) is 6.64. The molecule has 3 rings (SSSR count). The lowest BCUT2D eigenvalue weighted by Crippen LogP contribution is -2.53. The topological polar surface area (TPSA) is 84.7 Å². The van der Waals surface area contributed by atoms with Crippen LogP contribution in [0.25, 0.3) is 0 Å². The van der Waals surface area contributed by atoms with E-state index in [1.807, 2.05) is 6.92 Å². The van der Waals surface area contributed by atoms with Gasteiger partial charge in [0.25, 0.3) is 10.0 Å². The van der Waals surface area contributed by atoms with E-state index >= 15 is 0 Å². The Labute approximate surface area is 130 Å². The lowest BCUT2D eigenvalue weighted by atomic mass is 9.96. The Morgan fingerprint density at radius 3 is 2.95 bits per heavy atom. The molecule has 1 aliphatic heterocycles. The van der Waals surface area contributed by atoms with Crippen LogP contribution < -0.4 is 0 Å². The number of ether oxygens (including phenoxy) is 1. The molecule has 124 valence electrons. The van der Waals surface area contributed by atoms with Gasteiger partial charge in [-0.15, -0.1) is 0 Å². The van der Waals surface area contributed by atoms with Gasteiger partial charge in [0, 0.05) is 19.0 Å². The summed E-state index contributed by atoms with van der Waals surface area (Å²) in [5.41, 5.74) is 0. The number of nitrogens with zero attached hydrogens (tertiary/aromatic N) is 3. The van der Waals surface area contributed by atoms with E-state index in [-0.39, 0.29) is 17.0 Å². The van der Waals surface area contributed by atoms with Gasteiger partial charge in [0.05, 0.1) is 31.6 Å². The van der Waals surface area contributed by atoms with Crippen molar-refractivity contribution in [2.75, 3.05) is 19.8 Å². The van der Waals surface area contributed by atoms with Gasteiger partial charge < -0.3 is 9.84 Å². The number of rotatable bonds is 4. The van der Waals surface area contributed by atoms with Crippen molar-refractivity contribution in [3.63, 3.8) is 0 Å². The predicted octanol–water partition coefficient (Wildman–Crippen LogP) is 0.453. The van der Waals surface area contributed by atoms with Crippen molar-refractivity contribution >= 4 is 10.0 Å². The van der Waals surface area contributed by atoms with Crippen molar-refractivity contribution in [1.82, 2.24) is 14.1 Å². The van der Waals surface area contributed by atoms with Crippen molar-refractivity contribution in [1.29, 1.82) is 0 Å². The van der Waals surface area contributed by atoms with E-state index in [0.717, 1.165) is 19.3 Å². The van der Waals surface area contributed by atoms with Gasteiger partial charge in [-0.25, -0.2) is 8.42 Å². The summed E-state index contributed by atoms with van der Waals surface area (Å²) in [5, 5.41) is 14.4. The van der Waals surface area contributed by atoms with E-state index < -0.39 is 16.1 Å². The molecule has 1 aliphatic carbocycles. The second-order valence-corrected chi connectivity index (χ2v) is 7.74. The summed E-state index contributed by atoms with van der Waals surface area (Å²) in [4.78, 5) is 0. The molecule has 0 amide bonds. The molecule has 22 heavy (non-hydrogen) atoms. The van der Waals surface area contributed by atoms with Crippen LogP contribution in [0.15, 0.2) is 17.3 Å². The molecule has 0 unspecified atom stereocenters. The van der Waals surface area contributed by atoms with Crippen molar-refractivity contribution in [2.24, 2.45) is 5.92 Å². The van der Waals surface area contributed by atoms with Crippen molar-refractivity contribution in [3.8, 4) is 0 Å². The van der Waals surface area contributed by atoms with Crippen LogP contribution in [0.2, 0.25) is 0 Å². The number of hydrogen-bond donors (Lipinski definition) is 1. The predicted molar refractivity (Wildman–Crippen MR) is 79.7 cm³/mol. The normalized spacial score (nSPS) is 30.7. The van der Waals surface area contributed by atoms with Crippen LogP contribution in [0, 0.1) is 5.92 Å². The van der Waals surface area contributed by atoms with Crippen molar-refractivity contribution < 1.29 is 18.3 Å². The zero-order valence-corrected chi connectivity index (χ0v) is 13.6. The molecule has 1 aromatic rings. The van der Waals surface area contributed by atoms with Crippen LogP contribution in [0.1, 0.15) is 26.2 Å². The molecule has 2 fully saturated rings. The molecule has 8 heteroatoms. The van der Waals surface area contributed by atoms with Crippen LogP contribution in [-0.4, -0.2) is 59.5 Å². The first kappa shape index (κ1) is 15.9. The number of hydrogen-bond acceptors (Lipinski definition) is 5. The molecule has 0 spiro atoms. The molecule has 1 aromatic heterocycles. The average molecular weight is 329 g/mol. The van der Waals surface area contributed by atoms with Crippen LogP contribution in [0.4, 0.5) is 0 Å². The highest BCUT2D eigenvalue weighted by Gasteiger charge is 2.43. The molecule has 2 aliphatic rings. The third kappa shape index (κ3) is 2.68. The molecule has 1 saturated heterocycles. The maximum atomic E-state index is 13.0. The third-order valence-electron chi connectivity index (χ3n) is 4.69. The molecule has 2 heterocycles. The zero-order valence-electron chi connectivity index (χ0n) is 12.8. The fourth-order valence-electron chi connectivity index (χ4n) is 3.56. The standard InChI is InChI=1S/C14H23N3O4S/c1-2-16-14(6-7-15-16)22(19,20)17-8-9-21-10-12(17)11-4-3-5-13(11)18/h6-7,11-13,18H,2-5,8-10H2,1H3/t11-,12+,13+/m0/s1. The Kier molecular flexibility index (Phi) is 4.54. The molecule has 0 aromatic carbocycles.